The van der Waals surface area contributed by atoms with E-state index in [0.29, 0.717) is 35.3 Å². The van der Waals surface area contributed by atoms with E-state index in [9.17, 15) is 18.7 Å². The van der Waals surface area contributed by atoms with Crippen molar-refractivity contribution in [1.82, 2.24) is 20.2 Å². The molecule has 40 heavy (non-hydrogen) atoms. The number of rotatable bonds is 16. The van der Waals surface area contributed by atoms with E-state index in [-0.39, 0.29) is 23.6 Å². The molecular formula is C30H40F3N5O2. The highest BCUT2D eigenvalue weighted by atomic mass is 19.3. The van der Waals surface area contributed by atoms with Gasteiger partial charge in [-0.05, 0) is 61.6 Å². The van der Waals surface area contributed by atoms with Crippen molar-refractivity contribution in [3.8, 4) is 5.75 Å². The van der Waals surface area contributed by atoms with Crippen LogP contribution < -0.4 is 5.32 Å². The Morgan fingerprint density at radius 2 is 1.55 bits per heavy atom. The molecule has 0 aliphatic carbocycles. The number of phenols is 1. The number of carbonyl (C=O) groups is 1. The average Bonchev–Trinajstić information content (AvgIpc) is 3.42. The predicted molar refractivity (Wildman–Crippen MR) is 149 cm³/mol. The van der Waals surface area contributed by atoms with Crippen molar-refractivity contribution in [2.75, 3.05) is 5.32 Å². The second kappa shape index (κ2) is 14.8. The minimum atomic E-state index is -2.68. The lowest BCUT2D eigenvalue weighted by Gasteiger charge is -2.23. The van der Waals surface area contributed by atoms with Gasteiger partial charge in [-0.1, -0.05) is 75.3 Å². The highest BCUT2D eigenvalue weighted by Gasteiger charge is 2.47. The fraction of sp³-hybridized carbons (Fsp3) is 0.533. The standard InChI is InChI=1S/C30H40F3N5O2/c1-21-20-25(22(2)23(3)27(21)39)34-29(40)30(33,24-16-12-11-13-17-24)28-35-37-38(36-28)19-15-10-8-6-4-5-7-9-14-18-26(31)32/h11-13,16-17,20,26,39H,4-10,14-15,18-19H2,1-3H3,(H,34,40). The lowest BCUT2D eigenvalue weighted by atomic mass is 9.93. The van der Waals surface area contributed by atoms with E-state index >= 15 is 4.39 Å². The molecule has 0 radical (unpaired) electrons. The van der Waals surface area contributed by atoms with Gasteiger partial charge < -0.3 is 10.4 Å². The molecule has 1 atom stereocenters. The number of amides is 1. The van der Waals surface area contributed by atoms with Crippen LogP contribution in [0.4, 0.5) is 18.9 Å². The Kier molecular flexibility index (Phi) is 11.5. The maximum atomic E-state index is 16.8. The number of aromatic nitrogens is 4. The highest BCUT2D eigenvalue weighted by Crippen LogP contribution is 2.35. The number of phenolic OH excluding ortho intramolecular Hbond substituents is 1. The molecule has 2 N–H and O–H groups in total. The number of halogens is 3. The second-order valence-corrected chi connectivity index (χ2v) is 10.4. The Bertz CT molecular complexity index is 1240. The predicted octanol–water partition coefficient (Wildman–Crippen LogP) is 7.32. The Balaban J connectivity index is 1.59. The number of tetrazole rings is 1. The number of aromatic hydroxyl groups is 1. The topological polar surface area (TPSA) is 92.9 Å². The number of hydrogen-bond donors (Lipinski definition) is 2. The van der Waals surface area contributed by atoms with Gasteiger partial charge in [-0.3, -0.25) is 4.79 Å². The summed E-state index contributed by atoms with van der Waals surface area (Å²) in [6.07, 6.45) is 6.20. The number of anilines is 1. The van der Waals surface area contributed by atoms with E-state index in [1.54, 1.807) is 45.0 Å². The molecule has 10 heteroatoms. The molecule has 7 nitrogen and oxygen atoms in total. The first-order valence-electron chi connectivity index (χ1n) is 14.1. The van der Waals surface area contributed by atoms with E-state index < -0.39 is 18.0 Å². The van der Waals surface area contributed by atoms with Gasteiger partial charge in [0.05, 0.1) is 6.54 Å². The van der Waals surface area contributed by atoms with E-state index in [2.05, 4.69) is 20.7 Å². The minimum Gasteiger partial charge on any atom is -0.507 e. The highest BCUT2D eigenvalue weighted by molar-refractivity contribution is 6.00. The molecule has 0 saturated carbocycles. The first-order valence-corrected chi connectivity index (χ1v) is 14.1. The molecule has 0 aliphatic rings. The summed E-state index contributed by atoms with van der Waals surface area (Å²) in [5.41, 5.74) is -0.386. The summed E-state index contributed by atoms with van der Waals surface area (Å²) in [6, 6.07) is 9.66. The van der Waals surface area contributed by atoms with Gasteiger partial charge in [0, 0.05) is 17.7 Å². The van der Waals surface area contributed by atoms with Crippen molar-refractivity contribution in [3.63, 3.8) is 0 Å². The van der Waals surface area contributed by atoms with E-state index in [1.165, 1.54) is 16.9 Å². The molecule has 3 rings (SSSR count). The van der Waals surface area contributed by atoms with Gasteiger partial charge in [0.1, 0.15) is 5.75 Å². The summed E-state index contributed by atoms with van der Waals surface area (Å²) >= 11 is 0. The number of unbranched alkanes of at least 4 members (excludes halogenated alkanes) is 8. The maximum absolute atomic E-state index is 16.8. The summed E-state index contributed by atoms with van der Waals surface area (Å²) in [5, 5.41) is 25.1. The zero-order valence-corrected chi connectivity index (χ0v) is 23.6. The third kappa shape index (κ3) is 8.05. The van der Waals surface area contributed by atoms with Gasteiger partial charge in [0.15, 0.2) is 0 Å². The molecule has 0 fully saturated rings. The third-order valence-electron chi connectivity index (χ3n) is 7.33. The molecule has 0 aliphatic heterocycles. The van der Waals surface area contributed by atoms with Crippen LogP contribution in [0.25, 0.3) is 0 Å². The van der Waals surface area contributed by atoms with Crippen LogP contribution >= 0.6 is 0 Å². The molecule has 3 aromatic rings. The zero-order valence-electron chi connectivity index (χ0n) is 23.6. The fourth-order valence-corrected chi connectivity index (χ4v) is 4.70. The van der Waals surface area contributed by atoms with Crippen LogP contribution in [0.15, 0.2) is 36.4 Å². The summed E-state index contributed by atoms with van der Waals surface area (Å²) in [5.74, 6) is -1.15. The normalized spacial score (nSPS) is 13.0. The van der Waals surface area contributed by atoms with Crippen LogP contribution in [0.1, 0.15) is 92.3 Å². The molecule has 1 aromatic heterocycles. The number of hydrogen-bond acceptors (Lipinski definition) is 5. The molecule has 218 valence electrons. The van der Waals surface area contributed by atoms with Gasteiger partial charge in [0.2, 0.25) is 12.2 Å². The molecule has 2 aromatic carbocycles. The van der Waals surface area contributed by atoms with Crippen LogP contribution in [0.2, 0.25) is 0 Å². The van der Waals surface area contributed by atoms with Crippen LogP contribution in [0.5, 0.6) is 5.75 Å². The number of nitrogens with zero attached hydrogens (tertiary/aromatic N) is 4. The number of benzene rings is 2. The molecular weight excluding hydrogens is 519 g/mol. The van der Waals surface area contributed by atoms with Crippen LogP contribution in [0, 0.1) is 20.8 Å². The average molecular weight is 560 g/mol. The van der Waals surface area contributed by atoms with Crippen molar-refractivity contribution in [1.29, 1.82) is 0 Å². The second-order valence-electron chi connectivity index (χ2n) is 10.4. The lowest BCUT2D eigenvalue weighted by Crippen LogP contribution is -2.39. The van der Waals surface area contributed by atoms with Crippen molar-refractivity contribution in [2.45, 2.75) is 104 Å². The van der Waals surface area contributed by atoms with Crippen molar-refractivity contribution < 1.29 is 23.1 Å². The summed E-state index contributed by atoms with van der Waals surface area (Å²) in [7, 11) is 0. The van der Waals surface area contributed by atoms with Gasteiger partial charge in [0.25, 0.3) is 11.6 Å². The molecule has 1 amide bonds. The zero-order chi connectivity index (χ0) is 29.1. The SMILES string of the molecule is Cc1cc(NC(=O)C(F)(c2ccccc2)c2nnn(CCCCCCCCCCCC(F)F)n2)c(C)c(C)c1O. The van der Waals surface area contributed by atoms with E-state index in [4.69, 9.17) is 0 Å². The van der Waals surface area contributed by atoms with Gasteiger partial charge in [-0.2, -0.15) is 4.80 Å². The van der Waals surface area contributed by atoms with Gasteiger partial charge >= 0.3 is 0 Å². The van der Waals surface area contributed by atoms with Crippen LogP contribution in [-0.4, -0.2) is 37.6 Å². The van der Waals surface area contributed by atoms with Crippen molar-refractivity contribution in [3.05, 3.63) is 64.5 Å². The number of aryl methyl sites for hydroxylation is 2. The lowest BCUT2D eigenvalue weighted by molar-refractivity contribution is -0.125. The summed E-state index contributed by atoms with van der Waals surface area (Å²) < 4.78 is 41.1. The Morgan fingerprint density at radius 1 is 0.950 bits per heavy atom. The van der Waals surface area contributed by atoms with Crippen molar-refractivity contribution >= 4 is 11.6 Å². The van der Waals surface area contributed by atoms with E-state index in [1.807, 2.05) is 0 Å². The number of alkyl halides is 3. The largest absolute Gasteiger partial charge is 0.507 e. The molecule has 1 unspecified atom stereocenters. The monoisotopic (exact) mass is 559 g/mol. The van der Waals surface area contributed by atoms with Crippen molar-refractivity contribution in [2.24, 2.45) is 0 Å². The summed E-state index contributed by atoms with van der Waals surface area (Å²) in [6.45, 7) is 5.64. The first kappa shape index (κ1) is 31.1. The maximum Gasteiger partial charge on any atom is 0.276 e. The van der Waals surface area contributed by atoms with E-state index in [0.717, 1.165) is 51.4 Å². The number of carbonyl (C=O) groups excluding carboxylic acids is 1. The Morgan fingerprint density at radius 3 is 2.17 bits per heavy atom. The molecule has 0 spiro atoms. The first-order chi connectivity index (χ1) is 19.1. The Hall–Kier alpha value is -3.43. The molecule has 0 bridgehead atoms. The quantitative estimate of drug-likeness (QED) is 0.142. The fourth-order valence-electron chi connectivity index (χ4n) is 4.70. The van der Waals surface area contributed by atoms with Gasteiger partial charge in [-0.15, -0.1) is 10.2 Å². The molecule has 0 saturated heterocycles. The number of nitrogens with one attached hydrogen (secondary N) is 1. The van der Waals surface area contributed by atoms with Crippen LogP contribution in [0.3, 0.4) is 0 Å². The smallest absolute Gasteiger partial charge is 0.276 e. The third-order valence-corrected chi connectivity index (χ3v) is 7.33. The minimum absolute atomic E-state index is 0.00490. The molecule has 1 heterocycles. The van der Waals surface area contributed by atoms with Gasteiger partial charge in [-0.25, -0.2) is 13.2 Å². The van der Waals surface area contributed by atoms with Crippen LogP contribution in [-0.2, 0) is 17.0 Å². The Labute approximate surface area is 234 Å². The summed E-state index contributed by atoms with van der Waals surface area (Å²) in [4.78, 5) is 14.8.